The van der Waals surface area contributed by atoms with Crippen LogP contribution in [0.2, 0.25) is 0 Å². The Balaban J connectivity index is 1.93. The summed E-state index contributed by atoms with van der Waals surface area (Å²) in [5.41, 5.74) is 0. The lowest BCUT2D eigenvalue weighted by Crippen LogP contribution is -2.64. The Morgan fingerprint density at radius 3 is 2.40 bits per heavy atom. The second kappa shape index (κ2) is 8.05. The Kier molecular flexibility index (Phi) is 6.70. The van der Waals surface area contributed by atoms with Crippen LogP contribution in [0.4, 0.5) is 0 Å². The summed E-state index contributed by atoms with van der Waals surface area (Å²) in [6.45, 7) is 3.23. The lowest BCUT2D eigenvalue weighted by molar-refractivity contribution is -0.160. The van der Waals surface area contributed by atoms with Crippen LogP contribution in [0.5, 0.6) is 0 Å². The summed E-state index contributed by atoms with van der Waals surface area (Å²) in [6.07, 6.45) is 8.29. The van der Waals surface area contributed by atoms with Gasteiger partial charge in [0.05, 0.1) is 33.2 Å². The number of hydrogen-bond acceptors (Lipinski definition) is 4. The molecule has 0 spiro atoms. The van der Waals surface area contributed by atoms with Crippen molar-refractivity contribution >= 4 is 19.8 Å². The first kappa shape index (κ1) is 16.6. The molecule has 4 nitrogen and oxygen atoms in total. The summed E-state index contributed by atoms with van der Waals surface area (Å²) in [5.74, 6) is 0. The average molecular weight is 319 g/mol. The Labute approximate surface area is 128 Å². The molecule has 20 heavy (non-hydrogen) atoms. The molecule has 0 aliphatic carbocycles. The molecule has 0 amide bonds. The first-order valence-electron chi connectivity index (χ1n) is 8.07. The van der Waals surface area contributed by atoms with Crippen LogP contribution in [0.25, 0.3) is 0 Å². The van der Waals surface area contributed by atoms with E-state index in [1.54, 1.807) is 7.11 Å². The first-order chi connectivity index (χ1) is 9.72. The highest BCUT2D eigenvalue weighted by molar-refractivity contribution is 6.42. The summed E-state index contributed by atoms with van der Waals surface area (Å²) in [7, 11) is 2.33. The molecule has 2 rings (SSSR count). The molecule has 0 aromatic rings. The summed E-state index contributed by atoms with van der Waals surface area (Å²) < 4.78 is 23.4. The molecule has 118 valence electrons. The third-order valence-electron chi connectivity index (χ3n) is 4.87. The Morgan fingerprint density at radius 2 is 1.80 bits per heavy atom. The zero-order valence-corrected chi connectivity index (χ0v) is 16.5. The largest absolute Gasteiger partial charge is 0.383 e. The lowest BCUT2D eigenvalue weighted by atomic mass is 9.96. The fraction of sp³-hybridized carbons (Fsp3) is 1.00. The molecule has 0 radical (unpaired) electrons. The molecule has 0 saturated carbocycles. The van der Waals surface area contributed by atoms with Crippen LogP contribution in [0.3, 0.4) is 0 Å². The van der Waals surface area contributed by atoms with Crippen molar-refractivity contribution in [2.24, 2.45) is 0 Å². The number of ether oxygens (including phenoxy) is 4. The van der Waals surface area contributed by atoms with Crippen molar-refractivity contribution in [1.82, 2.24) is 0 Å². The topological polar surface area (TPSA) is 36.9 Å². The van der Waals surface area contributed by atoms with Gasteiger partial charge in [-0.15, -0.1) is 0 Å². The molecule has 0 N–H and O–H groups in total. The molecule has 2 saturated heterocycles. The molecule has 2 aliphatic rings. The van der Waals surface area contributed by atoms with Crippen molar-refractivity contribution in [1.29, 1.82) is 0 Å². The standard InChI is InChI=1S/C14H30O4Si2/c1-15-10-11-16-12-20-14(7-3-5-9-18-14)13(19)6-2-4-8-17-13/h2-12,20H2,1,19H3. The minimum absolute atomic E-state index is 0.0466. The van der Waals surface area contributed by atoms with Crippen LogP contribution in [0.15, 0.2) is 0 Å². The minimum atomic E-state index is -0.461. The van der Waals surface area contributed by atoms with Crippen molar-refractivity contribution in [2.45, 2.75) is 49.0 Å². The Bertz CT molecular complexity index is 276. The van der Waals surface area contributed by atoms with Crippen LogP contribution in [0, 0.1) is 0 Å². The third kappa shape index (κ3) is 3.92. The van der Waals surface area contributed by atoms with Crippen molar-refractivity contribution < 1.29 is 18.9 Å². The lowest BCUT2D eigenvalue weighted by Gasteiger charge is -2.52. The van der Waals surface area contributed by atoms with Gasteiger partial charge in [-0.3, -0.25) is 0 Å². The van der Waals surface area contributed by atoms with Gasteiger partial charge in [0.15, 0.2) is 0 Å². The summed E-state index contributed by atoms with van der Waals surface area (Å²) in [4.78, 5) is 0. The van der Waals surface area contributed by atoms with Crippen LogP contribution in [0.1, 0.15) is 38.5 Å². The van der Waals surface area contributed by atoms with E-state index in [0.717, 1.165) is 29.7 Å². The number of rotatable bonds is 7. The maximum absolute atomic E-state index is 6.37. The molecule has 6 heteroatoms. The quantitative estimate of drug-likeness (QED) is 0.487. The maximum atomic E-state index is 6.37. The van der Waals surface area contributed by atoms with Crippen molar-refractivity contribution in [3.8, 4) is 0 Å². The molecular formula is C14H30O4Si2. The van der Waals surface area contributed by atoms with Crippen LogP contribution in [-0.4, -0.2) is 70.0 Å². The van der Waals surface area contributed by atoms with E-state index < -0.39 is 9.52 Å². The molecule has 2 aliphatic heterocycles. The van der Waals surface area contributed by atoms with E-state index in [1.165, 1.54) is 38.5 Å². The van der Waals surface area contributed by atoms with E-state index in [4.69, 9.17) is 18.9 Å². The van der Waals surface area contributed by atoms with E-state index in [0.29, 0.717) is 13.2 Å². The van der Waals surface area contributed by atoms with Gasteiger partial charge in [-0.25, -0.2) is 0 Å². The average Bonchev–Trinajstić information content (AvgIpc) is 2.49. The molecule has 2 atom stereocenters. The zero-order chi connectivity index (χ0) is 14.3. The van der Waals surface area contributed by atoms with Gasteiger partial charge in [0, 0.05) is 36.8 Å². The van der Waals surface area contributed by atoms with Gasteiger partial charge < -0.3 is 18.9 Å². The molecule has 2 heterocycles. The summed E-state index contributed by atoms with van der Waals surface area (Å²) in [6, 6.07) is 0. The number of methoxy groups -OCH3 is 1. The second-order valence-corrected chi connectivity index (χ2v) is 9.86. The van der Waals surface area contributed by atoms with Crippen LogP contribution >= 0.6 is 0 Å². The third-order valence-corrected chi connectivity index (χ3v) is 9.88. The van der Waals surface area contributed by atoms with Gasteiger partial charge in [-0.1, -0.05) is 0 Å². The normalized spacial score (nSPS) is 35.9. The SMILES string of the molecule is COCCOC[SiH2]C1(C2([SiH3])CCCCO2)CCCCO1. The van der Waals surface area contributed by atoms with E-state index >= 15 is 0 Å². The first-order valence-corrected chi connectivity index (χ1v) is 10.8. The molecular weight excluding hydrogens is 288 g/mol. The van der Waals surface area contributed by atoms with Crippen molar-refractivity contribution in [3.05, 3.63) is 0 Å². The van der Waals surface area contributed by atoms with Gasteiger partial charge in [0.25, 0.3) is 0 Å². The fourth-order valence-corrected chi connectivity index (χ4v) is 7.48. The van der Waals surface area contributed by atoms with E-state index in [1.807, 2.05) is 0 Å². The predicted molar refractivity (Wildman–Crippen MR) is 86.2 cm³/mol. The molecule has 0 aromatic heterocycles. The Morgan fingerprint density at radius 1 is 1.05 bits per heavy atom. The monoisotopic (exact) mass is 318 g/mol. The molecule has 0 aromatic carbocycles. The van der Waals surface area contributed by atoms with Crippen molar-refractivity contribution in [3.63, 3.8) is 0 Å². The van der Waals surface area contributed by atoms with Crippen LogP contribution < -0.4 is 0 Å². The minimum Gasteiger partial charge on any atom is -0.383 e. The number of hydrogen-bond donors (Lipinski definition) is 0. The van der Waals surface area contributed by atoms with Crippen molar-refractivity contribution in [2.75, 3.05) is 39.8 Å². The molecule has 0 bridgehead atoms. The molecule has 2 unspecified atom stereocenters. The predicted octanol–water partition coefficient (Wildman–Crippen LogP) is -0.0653. The van der Waals surface area contributed by atoms with Gasteiger partial charge in [0.2, 0.25) is 0 Å². The highest BCUT2D eigenvalue weighted by Crippen LogP contribution is 2.40. The van der Waals surface area contributed by atoms with Crippen LogP contribution in [-0.2, 0) is 18.9 Å². The smallest absolute Gasteiger partial charge is 0.0932 e. The van der Waals surface area contributed by atoms with Gasteiger partial charge in [-0.2, -0.15) is 0 Å². The Hall–Kier alpha value is 0.274. The highest BCUT2D eigenvalue weighted by Gasteiger charge is 2.51. The molecule has 2 fully saturated rings. The van der Waals surface area contributed by atoms with Gasteiger partial charge in [-0.05, 0) is 38.5 Å². The summed E-state index contributed by atoms with van der Waals surface area (Å²) >= 11 is 0. The highest BCUT2D eigenvalue weighted by atomic mass is 28.2. The zero-order valence-electron chi connectivity index (χ0n) is 13.1. The summed E-state index contributed by atoms with van der Waals surface area (Å²) in [5, 5.41) is 0.105. The van der Waals surface area contributed by atoms with Gasteiger partial charge in [0.1, 0.15) is 0 Å². The second-order valence-electron chi connectivity index (χ2n) is 6.19. The fourth-order valence-electron chi connectivity index (χ4n) is 3.51. The maximum Gasteiger partial charge on any atom is 0.0932 e. The van der Waals surface area contributed by atoms with Gasteiger partial charge >= 0.3 is 0 Å². The van der Waals surface area contributed by atoms with E-state index in [-0.39, 0.29) is 10.4 Å². The van der Waals surface area contributed by atoms with E-state index in [2.05, 4.69) is 0 Å². The van der Waals surface area contributed by atoms with E-state index in [9.17, 15) is 0 Å².